The van der Waals surface area contributed by atoms with Gasteiger partial charge in [0.1, 0.15) is 9.71 Å². The molecule has 1 N–H and O–H groups in total. The van der Waals surface area contributed by atoms with E-state index in [9.17, 15) is 9.90 Å². The quantitative estimate of drug-likeness (QED) is 0.861. The number of carboxylic acids is 1. The predicted octanol–water partition coefficient (Wildman–Crippen LogP) is 4.36. The van der Waals surface area contributed by atoms with E-state index in [1.807, 2.05) is 4.68 Å². The Hall–Kier alpha value is -1.36. The maximum absolute atomic E-state index is 11.2. The largest absolute Gasteiger partial charge is 0.477 e. The first-order valence-electron chi connectivity index (χ1n) is 7.22. The second kappa shape index (κ2) is 5.95. The Bertz CT molecular complexity index is 609. The van der Waals surface area contributed by atoms with E-state index in [2.05, 4.69) is 27.7 Å². The lowest BCUT2D eigenvalue weighted by Crippen LogP contribution is -2.09. The van der Waals surface area contributed by atoms with Crippen molar-refractivity contribution in [3.63, 3.8) is 0 Å². The molecule has 0 saturated carbocycles. The summed E-state index contributed by atoms with van der Waals surface area (Å²) in [5.74, 6) is -0.339. The minimum absolute atomic E-state index is 0.346. The number of carboxylic acid groups (broad SMARTS) is 1. The van der Waals surface area contributed by atoms with Crippen LogP contribution >= 0.6 is 11.3 Å². The molecule has 0 bridgehead atoms. The summed E-state index contributed by atoms with van der Waals surface area (Å²) in [5, 5.41) is 15.0. The SMILES string of the molecule is CCC(CC)n1nc(CC(C)C)c2cc(C(=O)O)sc21. The Morgan fingerprint density at radius 2 is 2.05 bits per heavy atom. The third kappa shape index (κ3) is 2.73. The molecule has 0 amide bonds. The molecule has 0 aromatic carbocycles. The van der Waals surface area contributed by atoms with Crippen molar-refractivity contribution in [2.24, 2.45) is 5.92 Å². The predicted molar refractivity (Wildman–Crippen MR) is 82.7 cm³/mol. The van der Waals surface area contributed by atoms with Gasteiger partial charge < -0.3 is 5.11 Å². The first kappa shape index (κ1) is 15.0. The number of aromatic carboxylic acids is 1. The van der Waals surface area contributed by atoms with Crippen LogP contribution in [0.1, 0.15) is 61.9 Å². The molecule has 110 valence electrons. The smallest absolute Gasteiger partial charge is 0.345 e. The molecule has 2 heterocycles. The van der Waals surface area contributed by atoms with Crippen LogP contribution in [0.15, 0.2) is 6.07 Å². The normalized spacial score (nSPS) is 11.9. The standard InChI is InChI=1S/C15H22N2O2S/c1-5-10(6-2)17-14-11(8-13(20-14)15(18)19)12(16-17)7-9(3)4/h8-10H,5-7H2,1-4H3,(H,18,19). The Morgan fingerprint density at radius 1 is 1.40 bits per heavy atom. The summed E-state index contributed by atoms with van der Waals surface area (Å²) in [6.07, 6.45) is 2.91. The summed E-state index contributed by atoms with van der Waals surface area (Å²) in [4.78, 5) is 12.6. The van der Waals surface area contributed by atoms with Crippen molar-refractivity contribution in [1.29, 1.82) is 0 Å². The maximum atomic E-state index is 11.2. The van der Waals surface area contributed by atoms with Crippen LogP contribution in [-0.4, -0.2) is 20.9 Å². The van der Waals surface area contributed by atoms with Gasteiger partial charge in [-0.3, -0.25) is 4.68 Å². The maximum Gasteiger partial charge on any atom is 0.345 e. The third-order valence-corrected chi connectivity index (χ3v) is 4.67. The lowest BCUT2D eigenvalue weighted by Gasteiger charge is -2.13. The molecule has 0 aliphatic heterocycles. The van der Waals surface area contributed by atoms with Crippen molar-refractivity contribution < 1.29 is 9.90 Å². The van der Waals surface area contributed by atoms with Gasteiger partial charge in [-0.15, -0.1) is 11.3 Å². The number of hydrogen-bond donors (Lipinski definition) is 1. The topological polar surface area (TPSA) is 55.1 Å². The van der Waals surface area contributed by atoms with E-state index < -0.39 is 5.97 Å². The van der Waals surface area contributed by atoms with Crippen LogP contribution in [0.3, 0.4) is 0 Å². The number of fused-ring (bicyclic) bond motifs is 1. The zero-order chi connectivity index (χ0) is 14.9. The van der Waals surface area contributed by atoms with E-state index >= 15 is 0 Å². The number of aromatic nitrogens is 2. The molecule has 0 saturated heterocycles. The molecule has 0 unspecified atom stereocenters. The van der Waals surface area contributed by atoms with Crippen LogP contribution in [-0.2, 0) is 6.42 Å². The zero-order valence-electron chi connectivity index (χ0n) is 12.5. The molecular formula is C15H22N2O2S. The molecule has 2 aromatic heterocycles. The van der Waals surface area contributed by atoms with Crippen molar-refractivity contribution in [2.75, 3.05) is 0 Å². The molecule has 0 spiro atoms. The Morgan fingerprint density at radius 3 is 2.55 bits per heavy atom. The molecule has 20 heavy (non-hydrogen) atoms. The fourth-order valence-electron chi connectivity index (χ4n) is 2.51. The number of nitrogens with zero attached hydrogens (tertiary/aromatic N) is 2. The van der Waals surface area contributed by atoms with Crippen LogP contribution in [0.2, 0.25) is 0 Å². The molecule has 0 atom stereocenters. The van der Waals surface area contributed by atoms with Crippen LogP contribution in [0.25, 0.3) is 10.2 Å². The molecule has 4 nitrogen and oxygen atoms in total. The molecule has 2 rings (SSSR count). The fraction of sp³-hybridized carbons (Fsp3) is 0.600. The van der Waals surface area contributed by atoms with Gasteiger partial charge in [0.05, 0.1) is 11.7 Å². The monoisotopic (exact) mass is 294 g/mol. The molecular weight excluding hydrogens is 272 g/mol. The first-order chi connectivity index (χ1) is 9.47. The molecule has 0 aliphatic rings. The summed E-state index contributed by atoms with van der Waals surface area (Å²) in [5.41, 5.74) is 1.03. The highest BCUT2D eigenvalue weighted by molar-refractivity contribution is 7.20. The average Bonchev–Trinajstić information content (AvgIpc) is 2.92. The van der Waals surface area contributed by atoms with Gasteiger partial charge in [-0.1, -0.05) is 27.7 Å². The summed E-state index contributed by atoms with van der Waals surface area (Å²) in [7, 11) is 0. The van der Waals surface area contributed by atoms with Gasteiger partial charge in [0.2, 0.25) is 0 Å². The highest BCUT2D eigenvalue weighted by Gasteiger charge is 2.21. The summed E-state index contributed by atoms with van der Waals surface area (Å²) in [6, 6.07) is 2.13. The number of rotatable bonds is 6. The minimum Gasteiger partial charge on any atom is -0.477 e. The highest BCUT2D eigenvalue weighted by atomic mass is 32.1. The van der Waals surface area contributed by atoms with Crippen molar-refractivity contribution in [1.82, 2.24) is 9.78 Å². The first-order valence-corrected chi connectivity index (χ1v) is 8.03. The van der Waals surface area contributed by atoms with Crippen LogP contribution < -0.4 is 0 Å². The van der Waals surface area contributed by atoms with E-state index in [4.69, 9.17) is 5.10 Å². The zero-order valence-corrected chi connectivity index (χ0v) is 13.3. The van der Waals surface area contributed by atoms with Crippen LogP contribution in [0.4, 0.5) is 0 Å². The number of hydrogen-bond acceptors (Lipinski definition) is 3. The van der Waals surface area contributed by atoms with Crippen LogP contribution in [0.5, 0.6) is 0 Å². The van der Waals surface area contributed by atoms with Gasteiger partial charge in [0, 0.05) is 5.39 Å². The lowest BCUT2D eigenvalue weighted by molar-refractivity contribution is 0.0702. The van der Waals surface area contributed by atoms with E-state index in [0.717, 1.165) is 35.2 Å². The minimum atomic E-state index is -0.849. The van der Waals surface area contributed by atoms with Crippen molar-refractivity contribution in [2.45, 2.75) is 53.0 Å². The Kier molecular flexibility index (Phi) is 4.48. The third-order valence-electron chi connectivity index (χ3n) is 3.56. The van der Waals surface area contributed by atoms with Gasteiger partial charge in [0.25, 0.3) is 0 Å². The van der Waals surface area contributed by atoms with E-state index in [1.165, 1.54) is 11.3 Å². The van der Waals surface area contributed by atoms with Crippen LogP contribution in [0, 0.1) is 5.92 Å². The number of thiophene rings is 1. The average molecular weight is 294 g/mol. The second-order valence-electron chi connectivity index (χ2n) is 5.59. The molecule has 5 heteroatoms. The highest BCUT2D eigenvalue weighted by Crippen LogP contribution is 2.33. The van der Waals surface area contributed by atoms with Crippen molar-refractivity contribution in [3.8, 4) is 0 Å². The summed E-state index contributed by atoms with van der Waals surface area (Å²) >= 11 is 1.34. The molecule has 0 fully saturated rings. The molecule has 0 radical (unpaired) electrons. The van der Waals surface area contributed by atoms with E-state index in [-0.39, 0.29) is 0 Å². The van der Waals surface area contributed by atoms with Crippen molar-refractivity contribution >= 4 is 27.5 Å². The van der Waals surface area contributed by atoms with E-state index in [1.54, 1.807) is 6.07 Å². The van der Waals surface area contributed by atoms with Crippen molar-refractivity contribution in [3.05, 3.63) is 16.6 Å². The Labute approximate surface area is 123 Å². The lowest BCUT2D eigenvalue weighted by atomic mass is 10.1. The summed E-state index contributed by atoms with van der Waals surface area (Å²) < 4.78 is 2.05. The van der Waals surface area contributed by atoms with Gasteiger partial charge in [-0.25, -0.2) is 4.79 Å². The summed E-state index contributed by atoms with van der Waals surface area (Å²) in [6.45, 7) is 8.62. The van der Waals surface area contributed by atoms with Gasteiger partial charge in [-0.05, 0) is 31.2 Å². The number of carbonyl (C=O) groups is 1. The van der Waals surface area contributed by atoms with Gasteiger partial charge >= 0.3 is 5.97 Å². The van der Waals surface area contributed by atoms with Gasteiger partial charge in [0.15, 0.2) is 0 Å². The van der Waals surface area contributed by atoms with Gasteiger partial charge in [-0.2, -0.15) is 5.10 Å². The second-order valence-corrected chi connectivity index (χ2v) is 6.62. The van der Waals surface area contributed by atoms with E-state index in [0.29, 0.717) is 16.8 Å². The Balaban J connectivity index is 2.58. The fourth-order valence-corrected chi connectivity index (χ4v) is 3.56. The molecule has 0 aliphatic carbocycles. The molecule has 2 aromatic rings.